The monoisotopic (exact) mass is 322 g/mol. The zero-order chi connectivity index (χ0) is 15.2. The van der Waals surface area contributed by atoms with Crippen molar-refractivity contribution in [3.63, 3.8) is 0 Å². The minimum Gasteiger partial charge on any atom is -0.384 e. The highest BCUT2D eigenvalue weighted by Gasteiger charge is 2.48. The van der Waals surface area contributed by atoms with Crippen LogP contribution in [0.4, 0.5) is 22.0 Å². The summed E-state index contributed by atoms with van der Waals surface area (Å²) in [5.41, 5.74) is 0. The van der Waals surface area contributed by atoms with Gasteiger partial charge in [0.05, 0.1) is 6.61 Å². The number of rotatable bonds is 7. The fraction of sp³-hybridized carbons (Fsp3) is 1.00. The van der Waals surface area contributed by atoms with Gasteiger partial charge >= 0.3 is 6.18 Å². The van der Waals surface area contributed by atoms with E-state index < -0.39 is 31.2 Å². The SMILES string of the molecule is OC(COCCC1CCSCC1)C(F)(F)CC(F)(F)F. The van der Waals surface area contributed by atoms with Crippen molar-refractivity contribution in [2.45, 2.75) is 43.9 Å². The Kier molecular flexibility index (Phi) is 7.00. The first kappa shape index (κ1) is 18.0. The van der Waals surface area contributed by atoms with E-state index in [1.807, 2.05) is 11.8 Å². The smallest absolute Gasteiger partial charge is 0.384 e. The molecule has 0 aromatic rings. The third kappa shape index (κ3) is 7.08. The Morgan fingerprint density at radius 2 is 1.75 bits per heavy atom. The van der Waals surface area contributed by atoms with Gasteiger partial charge < -0.3 is 9.84 Å². The summed E-state index contributed by atoms with van der Waals surface area (Å²) < 4.78 is 66.7. The predicted molar refractivity (Wildman–Crippen MR) is 67.1 cm³/mol. The van der Waals surface area contributed by atoms with Crippen LogP contribution in [0.1, 0.15) is 25.7 Å². The van der Waals surface area contributed by atoms with Crippen molar-refractivity contribution >= 4 is 11.8 Å². The second kappa shape index (κ2) is 7.79. The number of thioether (sulfide) groups is 1. The third-order valence-electron chi connectivity index (χ3n) is 3.21. The van der Waals surface area contributed by atoms with Crippen LogP contribution < -0.4 is 0 Å². The van der Waals surface area contributed by atoms with Gasteiger partial charge in [0.2, 0.25) is 0 Å². The minimum absolute atomic E-state index is 0.189. The van der Waals surface area contributed by atoms with E-state index in [0.29, 0.717) is 12.3 Å². The highest BCUT2D eigenvalue weighted by Crippen LogP contribution is 2.34. The van der Waals surface area contributed by atoms with Crippen LogP contribution >= 0.6 is 11.8 Å². The molecule has 0 saturated carbocycles. The lowest BCUT2D eigenvalue weighted by atomic mass is 9.99. The summed E-state index contributed by atoms with van der Waals surface area (Å²) in [6.45, 7) is -0.584. The second-order valence-corrected chi connectivity index (χ2v) is 6.21. The summed E-state index contributed by atoms with van der Waals surface area (Å²) in [5, 5.41) is 9.10. The van der Waals surface area contributed by atoms with E-state index in [1.54, 1.807) is 0 Å². The largest absolute Gasteiger partial charge is 0.394 e. The summed E-state index contributed by atoms with van der Waals surface area (Å²) >= 11 is 1.86. The van der Waals surface area contributed by atoms with Crippen molar-refractivity contribution in [3.8, 4) is 0 Å². The van der Waals surface area contributed by atoms with Gasteiger partial charge in [0.15, 0.2) is 0 Å². The first-order valence-electron chi connectivity index (χ1n) is 6.49. The van der Waals surface area contributed by atoms with Gasteiger partial charge in [-0.15, -0.1) is 0 Å². The molecular weight excluding hydrogens is 303 g/mol. The lowest BCUT2D eigenvalue weighted by Gasteiger charge is -2.24. The van der Waals surface area contributed by atoms with Gasteiger partial charge in [-0.05, 0) is 36.7 Å². The maximum atomic E-state index is 13.0. The minimum atomic E-state index is -5.01. The number of hydrogen-bond acceptors (Lipinski definition) is 3. The Hall–Kier alpha value is -0.0800. The van der Waals surface area contributed by atoms with E-state index in [4.69, 9.17) is 9.84 Å². The first-order chi connectivity index (χ1) is 9.21. The molecule has 0 amide bonds. The molecule has 1 heterocycles. The lowest BCUT2D eigenvalue weighted by Crippen LogP contribution is -2.41. The summed E-state index contributed by atoms with van der Waals surface area (Å²) in [5.74, 6) is -1.60. The topological polar surface area (TPSA) is 29.5 Å². The van der Waals surface area contributed by atoms with E-state index in [9.17, 15) is 22.0 Å². The van der Waals surface area contributed by atoms with Crippen molar-refractivity contribution in [1.29, 1.82) is 0 Å². The number of aliphatic hydroxyl groups is 1. The summed E-state index contributed by atoms with van der Waals surface area (Å²) in [6.07, 6.45) is -6.99. The highest BCUT2D eigenvalue weighted by molar-refractivity contribution is 7.99. The fourth-order valence-electron chi connectivity index (χ4n) is 1.99. The van der Waals surface area contributed by atoms with Crippen LogP contribution in [0.15, 0.2) is 0 Å². The van der Waals surface area contributed by atoms with Crippen LogP contribution in [-0.2, 0) is 4.74 Å². The van der Waals surface area contributed by atoms with Crippen molar-refractivity contribution in [1.82, 2.24) is 0 Å². The molecule has 0 aromatic carbocycles. The second-order valence-electron chi connectivity index (χ2n) is 4.99. The molecule has 1 N–H and O–H groups in total. The molecule has 1 fully saturated rings. The Bertz CT molecular complexity index is 280. The van der Waals surface area contributed by atoms with Gasteiger partial charge in [0.1, 0.15) is 12.5 Å². The van der Waals surface area contributed by atoms with Gasteiger partial charge in [0.25, 0.3) is 5.92 Å². The van der Waals surface area contributed by atoms with E-state index in [-0.39, 0.29) is 6.61 Å². The quantitative estimate of drug-likeness (QED) is 0.575. The van der Waals surface area contributed by atoms with Crippen molar-refractivity contribution < 1.29 is 31.8 Å². The molecule has 1 unspecified atom stereocenters. The number of alkyl halides is 5. The standard InChI is InChI=1S/C12H19F5O2S/c13-11(14,8-12(15,16)17)10(18)7-19-4-1-9-2-5-20-6-3-9/h9-10,18H,1-8H2. The Morgan fingerprint density at radius 1 is 1.15 bits per heavy atom. The van der Waals surface area contributed by atoms with Crippen molar-refractivity contribution in [3.05, 3.63) is 0 Å². The van der Waals surface area contributed by atoms with Gasteiger partial charge in [0, 0.05) is 6.61 Å². The summed E-state index contributed by atoms with van der Waals surface area (Å²) in [4.78, 5) is 0. The van der Waals surface area contributed by atoms with Gasteiger partial charge in [-0.25, -0.2) is 8.78 Å². The molecule has 120 valence electrons. The molecule has 20 heavy (non-hydrogen) atoms. The van der Waals surface area contributed by atoms with Gasteiger partial charge in [-0.2, -0.15) is 24.9 Å². The average Bonchev–Trinajstić information content (AvgIpc) is 2.32. The summed E-state index contributed by atoms with van der Waals surface area (Å²) in [6, 6.07) is 0. The van der Waals surface area contributed by atoms with Crippen molar-refractivity contribution in [2.75, 3.05) is 24.7 Å². The molecular formula is C12H19F5O2S. The molecule has 1 aliphatic heterocycles. The molecule has 0 bridgehead atoms. The molecule has 1 rings (SSSR count). The molecule has 1 atom stereocenters. The van der Waals surface area contributed by atoms with E-state index in [1.165, 1.54) is 0 Å². The van der Waals surface area contributed by atoms with Crippen LogP contribution in [0.25, 0.3) is 0 Å². The number of hydrogen-bond donors (Lipinski definition) is 1. The third-order valence-corrected chi connectivity index (χ3v) is 4.26. The van der Waals surface area contributed by atoms with Crippen molar-refractivity contribution in [2.24, 2.45) is 5.92 Å². The zero-order valence-electron chi connectivity index (χ0n) is 11.0. The van der Waals surface area contributed by atoms with Crippen LogP contribution in [0.5, 0.6) is 0 Å². The number of halogens is 5. The molecule has 0 aromatic heterocycles. The van der Waals surface area contributed by atoms with Crippen LogP contribution in [0.3, 0.4) is 0 Å². The predicted octanol–water partition coefficient (Wildman–Crippen LogP) is 3.48. The van der Waals surface area contributed by atoms with Crippen LogP contribution in [0, 0.1) is 5.92 Å². The van der Waals surface area contributed by atoms with E-state index >= 15 is 0 Å². The summed E-state index contributed by atoms with van der Waals surface area (Å²) in [7, 11) is 0. The van der Waals surface area contributed by atoms with Gasteiger partial charge in [-0.1, -0.05) is 0 Å². The maximum absolute atomic E-state index is 13.0. The average molecular weight is 322 g/mol. The Morgan fingerprint density at radius 3 is 2.30 bits per heavy atom. The Balaban J connectivity index is 2.19. The van der Waals surface area contributed by atoms with Crippen LogP contribution in [0.2, 0.25) is 0 Å². The molecule has 1 aliphatic rings. The molecule has 0 aliphatic carbocycles. The van der Waals surface area contributed by atoms with E-state index in [2.05, 4.69) is 0 Å². The number of aliphatic hydroxyl groups excluding tert-OH is 1. The molecule has 2 nitrogen and oxygen atoms in total. The Labute approximate surface area is 119 Å². The first-order valence-corrected chi connectivity index (χ1v) is 7.64. The van der Waals surface area contributed by atoms with Crippen LogP contribution in [-0.4, -0.2) is 48.0 Å². The normalized spacial score (nSPS) is 20.1. The molecule has 0 spiro atoms. The molecule has 0 radical (unpaired) electrons. The van der Waals surface area contributed by atoms with E-state index in [0.717, 1.165) is 24.3 Å². The zero-order valence-corrected chi connectivity index (χ0v) is 11.8. The fourth-order valence-corrected chi connectivity index (χ4v) is 3.19. The lowest BCUT2D eigenvalue weighted by molar-refractivity contribution is -0.221. The highest BCUT2D eigenvalue weighted by atomic mass is 32.2. The number of ether oxygens (including phenoxy) is 1. The molecule has 8 heteroatoms. The maximum Gasteiger partial charge on any atom is 0.394 e. The molecule has 1 saturated heterocycles. The van der Waals surface area contributed by atoms with Gasteiger partial charge in [-0.3, -0.25) is 0 Å².